The van der Waals surface area contributed by atoms with Crippen LogP contribution in [0.2, 0.25) is 0 Å². The lowest BCUT2D eigenvalue weighted by molar-refractivity contribution is 0.194. The van der Waals surface area contributed by atoms with Crippen LogP contribution in [0.25, 0.3) is 22.3 Å². The molecule has 36 heavy (non-hydrogen) atoms. The minimum Gasteiger partial charge on any atom is -0.351 e. The Morgan fingerprint density at radius 3 is 2.50 bits per heavy atom. The molecule has 0 atom stereocenters. The van der Waals surface area contributed by atoms with Gasteiger partial charge in [-0.25, -0.2) is 24.1 Å². The van der Waals surface area contributed by atoms with Gasteiger partial charge in [0, 0.05) is 38.3 Å². The van der Waals surface area contributed by atoms with E-state index in [1.165, 1.54) is 17.7 Å². The number of nitrogens with one attached hydrogen (secondary N) is 1. The Bertz CT molecular complexity index is 1390. The van der Waals surface area contributed by atoms with Crippen LogP contribution in [0.1, 0.15) is 17.0 Å². The maximum atomic E-state index is 13.4. The molecule has 7 nitrogen and oxygen atoms in total. The summed E-state index contributed by atoms with van der Waals surface area (Å²) in [7, 11) is 0. The van der Waals surface area contributed by atoms with Crippen molar-refractivity contribution in [1.82, 2.24) is 25.2 Å². The number of carbonyl (C=O) groups excluding carboxylic acids is 1. The predicted octanol–water partition coefficient (Wildman–Crippen LogP) is 4.91. The zero-order valence-electron chi connectivity index (χ0n) is 19.9. The zero-order chi connectivity index (χ0) is 25.1. The average molecular weight is 505 g/mol. The van der Waals surface area contributed by atoms with E-state index in [0.717, 1.165) is 11.1 Å². The van der Waals surface area contributed by atoms with Crippen LogP contribution in [0.4, 0.5) is 15.0 Å². The molecule has 2 amide bonds. The third-order valence-electron chi connectivity index (χ3n) is 6.22. The molecule has 2 aromatic heterocycles. The van der Waals surface area contributed by atoms with Crippen molar-refractivity contribution in [3.05, 3.63) is 83.4 Å². The molecular formula is C27H26ClFN6O. The fourth-order valence-electron chi connectivity index (χ4n) is 4.34. The number of hydrogen-bond acceptors (Lipinski definition) is 5. The summed E-state index contributed by atoms with van der Waals surface area (Å²) in [5.41, 5.74) is 5.11. The molecule has 1 saturated heterocycles. The summed E-state index contributed by atoms with van der Waals surface area (Å²) in [6.07, 6.45) is 0. The van der Waals surface area contributed by atoms with Crippen LogP contribution in [0.3, 0.4) is 0 Å². The first-order valence-corrected chi connectivity index (χ1v) is 12.4. The molecule has 3 heterocycles. The van der Waals surface area contributed by atoms with E-state index in [-0.39, 0.29) is 17.7 Å². The van der Waals surface area contributed by atoms with Gasteiger partial charge in [-0.05, 0) is 48.9 Å². The highest BCUT2D eigenvalue weighted by molar-refractivity contribution is 6.16. The number of carbonyl (C=O) groups is 1. The van der Waals surface area contributed by atoms with Crippen molar-refractivity contribution in [1.29, 1.82) is 0 Å². The van der Waals surface area contributed by atoms with E-state index in [0.29, 0.717) is 61.1 Å². The van der Waals surface area contributed by atoms with E-state index in [2.05, 4.69) is 26.3 Å². The van der Waals surface area contributed by atoms with Crippen LogP contribution in [0.15, 0.2) is 60.7 Å². The van der Waals surface area contributed by atoms with Gasteiger partial charge in [0.05, 0.1) is 17.1 Å². The molecule has 0 bridgehead atoms. The molecule has 0 radical (unpaired) electrons. The van der Waals surface area contributed by atoms with Gasteiger partial charge in [-0.15, -0.1) is 11.6 Å². The monoisotopic (exact) mass is 504 g/mol. The van der Waals surface area contributed by atoms with Gasteiger partial charge in [0.1, 0.15) is 17.2 Å². The van der Waals surface area contributed by atoms with Crippen LogP contribution in [0.5, 0.6) is 0 Å². The number of amides is 2. The summed E-state index contributed by atoms with van der Waals surface area (Å²) in [5, 5.41) is 3.01. The summed E-state index contributed by atoms with van der Waals surface area (Å²) in [6, 6.07) is 18.0. The van der Waals surface area contributed by atoms with Gasteiger partial charge in [0.15, 0.2) is 5.82 Å². The van der Waals surface area contributed by atoms with Gasteiger partial charge >= 0.3 is 6.03 Å². The number of aromatic nitrogens is 3. The number of fused-ring (bicyclic) bond motifs is 1. The normalized spacial score (nSPS) is 13.8. The summed E-state index contributed by atoms with van der Waals surface area (Å²) in [5.74, 6) is 1.11. The molecule has 5 rings (SSSR count). The number of piperazine rings is 1. The molecule has 0 saturated carbocycles. The maximum absolute atomic E-state index is 13.4. The first kappa shape index (κ1) is 23.9. The first-order valence-electron chi connectivity index (χ1n) is 11.8. The Labute approximate surface area is 213 Å². The van der Waals surface area contributed by atoms with Gasteiger partial charge in [-0.3, -0.25) is 0 Å². The second-order valence-electron chi connectivity index (χ2n) is 8.79. The molecule has 9 heteroatoms. The quantitative estimate of drug-likeness (QED) is 0.391. The fourth-order valence-corrected chi connectivity index (χ4v) is 4.46. The SMILES string of the molecule is Cc1cccc(CNC(=O)N2CCN(c3nc(CCl)nc4ccc(-c5ccc(F)cc5)nc34)CC2)c1. The molecule has 4 aromatic rings. The van der Waals surface area contributed by atoms with Gasteiger partial charge in [-0.1, -0.05) is 29.8 Å². The Hall–Kier alpha value is -3.78. The van der Waals surface area contributed by atoms with E-state index in [4.69, 9.17) is 16.6 Å². The van der Waals surface area contributed by atoms with Gasteiger partial charge in [0.2, 0.25) is 0 Å². The van der Waals surface area contributed by atoms with E-state index >= 15 is 0 Å². The Balaban J connectivity index is 1.33. The molecule has 2 aromatic carbocycles. The van der Waals surface area contributed by atoms with E-state index in [9.17, 15) is 9.18 Å². The molecule has 1 aliphatic heterocycles. The minimum absolute atomic E-state index is 0.0816. The number of hydrogen-bond donors (Lipinski definition) is 1. The van der Waals surface area contributed by atoms with Crippen LogP contribution < -0.4 is 10.2 Å². The third-order valence-corrected chi connectivity index (χ3v) is 6.46. The molecule has 0 aliphatic carbocycles. The summed E-state index contributed by atoms with van der Waals surface area (Å²) < 4.78 is 13.4. The summed E-state index contributed by atoms with van der Waals surface area (Å²) in [6.45, 7) is 4.85. The number of halogens is 2. The van der Waals surface area contributed by atoms with Crippen molar-refractivity contribution in [3.8, 4) is 11.3 Å². The summed E-state index contributed by atoms with van der Waals surface area (Å²) in [4.78, 5) is 30.7. The van der Waals surface area contributed by atoms with Gasteiger partial charge < -0.3 is 15.1 Å². The Morgan fingerprint density at radius 2 is 1.78 bits per heavy atom. The van der Waals surface area contributed by atoms with Crippen molar-refractivity contribution in [2.24, 2.45) is 0 Å². The van der Waals surface area contributed by atoms with Crippen molar-refractivity contribution < 1.29 is 9.18 Å². The lowest BCUT2D eigenvalue weighted by atomic mass is 10.1. The lowest BCUT2D eigenvalue weighted by Gasteiger charge is -2.35. The highest BCUT2D eigenvalue weighted by atomic mass is 35.5. The average Bonchev–Trinajstić information content (AvgIpc) is 2.91. The second kappa shape index (κ2) is 10.5. The molecule has 184 valence electrons. The lowest BCUT2D eigenvalue weighted by Crippen LogP contribution is -2.52. The minimum atomic E-state index is -0.295. The van der Waals surface area contributed by atoms with Crippen molar-refractivity contribution in [3.63, 3.8) is 0 Å². The van der Waals surface area contributed by atoms with Crippen LogP contribution in [-0.4, -0.2) is 52.1 Å². The summed E-state index contributed by atoms with van der Waals surface area (Å²) >= 11 is 6.08. The number of urea groups is 1. The Kier molecular flexibility index (Phi) is 6.95. The smallest absolute Gasteiger partial charge is 0.317 e. The second-order valence-corrected chi connectivity index (χ2v) is 9.06. The van der Waals surface area contributed by atoms with Gasteiger partial charge in [-0.2, -0.15) is 0 Å². The number of pyridine rings is 1. The fraction of sp³-hybridized carbons (Fsp3) is 0.259. The Morgan fingerprint density at radius 1 is 1.00 bits per heavy atom. The highest BCUT2D eigenvalue weighted by Gasteiger charge is 2.24. The number of aryl methyl sites for hydroxylation is 1. The molecule has 0 unspecified atom stereocenters. The highest BCUT2D eigenvalue weighted by Crippen LogP contribution is 2.27. The van der Waals surface area contributed by atoms with E-state index < -0.39 is 0 Å². The predicted molar refractivity (Wildman–Crippen MR) is 139 cm³/mol. The van der Waals surface area contributed by atoms with Crippen LogP contribution in [0, 0.1) is 12.7 Å². The van der Waals surface area contributed by atoms with E-state index in [1.807, 2.05) is 42.2 Å². The van der Waals surface area contributed by atoms with Crippen molar-refractivity contribution in [2.45, 2.75) is 19.3 Å². The van der Waals surface area contributed by atoms with E-state index in [1.54, 1.807) is 12.1 Å². The van der Waals surface area contributed by atoms with Gasteiger partial charge in [0.25, 0.3) is 0 Å². The van der Waals surface area contributed by atoms with Crippen molar-refractivity contribution >= 4 is 34.5 Å². The number of benzene rings is 2. The topological polar surface area (TPSA) is 74.2 Å². The maximum Gasteiger partial charge on any atom is 0.317 e. The molecule has 1 N–H and O–H groups in total. The van der Waals surface area contributed by atoms with Crippen LogP contribution in [-0.2, 0) is 12.4 Å². The largest absolute Gasteiger partial charge is 0.351 e. The standard InChI is InChI=1S/C27H26ClFN6O/c1-18-3-2-4-19(15-18)17-30-27(36)35-13-11-34(12-14-35)26-25-23(31-24(16-28)33-26)10-9-22(32-25)20-5-7-21(29)8-6-20/h2-10,15H,11-14,16-17H2,1H3,(H,30,36). The number of rotatable bonds is 5. The number of nitrogens with zero attached hydrogens (tertiary/aromatic N) is 5. The molecular weight excluding hydrogens is 479 g/mol. The molecule has 0 spiro atoms. The third kappa shape index (κ3) is 5.23. The molecule has 1 fully saturated rings. The zero-order valence-corrected chi connectivity index (χ0v) is 20.7. The van der Waals surface area contributed by atoms with Crippen molar-refractivity contribution in [2.75, 3.05) is 31.1 Å². The number of alkyl halides is 1. The first-order chi connectivity index (χ1) is 17.5. The number of anilines is 1. The molecule has 1 aliphatic rings. The van der Waals surface area contributed by atoms with Crippen LogP contribution >= 0.6 is 11.6 Å².